The van der Waals surface area contributed by atoms with E-state index in [0.29, 0.717) is 13.2 Å². The molecule has 0 aromatic carbocycles. The molecular weight excluding hydrogens is 515 g/mol. The predicted octanol–water partition coefficient (Wildman–Crippen LogP) is -0.369. The maximum atomic E-state index is 10.2. The van der Waals surface area contributed by atoms with Crippen molar-refractivity contribution in [2.45, 2.75) is 25.8 Å². The van der Waals surface area contributed by atoms with E-state index in [2.05, 4.69) is 5.32 Å². The maximum absolute atomic E-state index is 10.2. The summed E-state index contributed by atoms with van der Waals surface area (Å²) in [7, 11) is 0. The zero-order valence-electron chi connectivity index (χ0n) is 11.1. The molecule has 0 bridgehead atoms. The first-order valence-corrected chi connectivity index (χ1v) is 5.70. The Morgan fingerprint density at radius 3 is 2.25 bits per heavy atom. The Kier molecular flexibility index (Phi) is 21.0. The monoisotopic (exact) mass is 535 g/mol. The molecule has 0 rings (SSSR count). The van der Waals surface area contributed by atoms with Crippen LogP contribution in [-0.4, -0.2) is 61.5 Å². The van der Waals surface area contributed by atoms with Crippen LogP contribution >= 0.6 is 0 Å². The summed E-state index contributed by atoms with van der Waals surface area (Å²) in [6, 6.07) is -0.280. The normalized spacial score (nSPS) is 10.2. The van der Waals surface area contributed by atoms with E-state index in [1.165, 1.54) is 0 Å². The van der Waals surface area contributed by atoms with Crippen LogP contribution in [0.25, 0.3) is 0 Å². The van der Waals surface area contributed by atoms with E-state index in [1.54, 1.807) is 6.41 Å². The minimum atomic E-state index is -0.909. The molecule has 0 fully saturated rings. The molecule has 0 heterocycles. The fraction of sp³-hybridized carbons (Fsp3) is 0.727. The van der Waals surface area contributed by atoms with Gasteiger partial charge in [-0.25, -0.2) is 0 Å². The van der Waals surface area contributed by atoms with Gasteiger partial charge in [-0.05, 0) is 6.42 Å². The number of nitrogens with one attached hydrogen (secondary N) is 1. The minimum Gasteiger partial charge on any atom is -0.524 e. The van der Waals surface area contributed by atoms with Crippen LogP contribution in [0.15, 0.2) is 0 Å². The van der Waals surface area contributed by atoms with Crippen LogP contribution in [0.4, 0.5) is 0 Å². The Bertz CT molecular complexity index is 241. The van der Waals surface area contributed by atoms with Gasteiger partial charge in [-0.15, -0.1) is 0 Å². The van der Waals surface area contributed by atoms with Gasteiger partial charge < -0.3 is 29.8 Å². The van der Waals surface area contributed by atoms with Crippen molar-refractivity contribution in [3.05, 3.63) is 0 Å². The minimum absolute atomic E-state index is 0. The molecule has 0 aliphatic rings. The first kappa shape index (κ1) is 22.5. The average Bonchev–Trinajstić information content (AvgIpc) is 2.35. The van der Waals surface area contributed by atoms with Crippen molar-refractivity contribution in [3.8, 4) is 0 Å². The molecule has 20 heavy (non-hydrogen) atoms. The van der Waals surface area contributed by atoms with Crippen molar-refractivity contribution in [2.24, 2.45) is 0 Å². The Morgan fingerprint density at radius 2 is 1.85 bits per heavy atom. The number of carboxylic acid groups (broad SMARTS) is 2. The van der Waals surface area contributed by atoms with Crippen LogP contribution < -0.4 is 5.32 Å². The number of carbonyl (C=O) groups excluding carboxylic acids is 1. The molecule has 8 nitrogen and oxygen atoms in total. The molecule has 9 heteroatoms. The second-order valence-corrected chi connectivity index (χ2v) is 3.34. The summed E-state index contributed by atoms with van der Waals surface area (Å²) in [5.74, 6) is -0.909. The van der Waals surface area contributed by atoms with E-state index in [9.17, 15) is 9.59 Å². The smallest absolute Gasteiger partial charge is 0.305 e. The van der Waals surface area contributed by atoms with Crippen molar-refractivity contribution in [1.29, 1.82) is 0 Å². The van der Waals surface area contributed by atoms with Gasteiger partial charge in [-0.1, -0.05) is 6.92 Å². The Labute approximate surface area is 111 Å². The first-order chi connectivity index (χ1) is 9.12. The van der Waals surface area contributed by atoms with Crippen molar-refractivity contribution < 1.29 is 34.1 Å². The van der Waals surface area contributed by atoms with Crippen LogP contribution in [0.5, 0.6) is 0 Å². The third kappa shape index (κ3) is 20.7. The molecule has 0 aliphatic heterocycles. The SMILES string of the molecule is CCCOCC(COCCC(=O)O)N[C-]=O.O=CO.[Fm]. The molecule has 124 valence electrons. The number of aliphatic carboxylic acids is 1. The second-order valence-electron chi connectivity index (χ2n) is 3.34. The van der Waals surface area contributed by atoms with Gasteiger partial charge in [0.15, 0.2) is 0 Å². The number of hydrogen-bond donors (Lipinski definition) is 3. The number of carbonyl (C=O) groups is 2. The van der Waals surface area contributed by atoms with Gasteiger partial charge in [-0.3, -0.25) is 9.59 Å². The van der Waals surface area contributed by atoms with Crippen LogP contribution in [0.2, 0.25) is 0 Å². The van der Waals surface area contributed by atoms with E-state index in [0.717, 1.165) is 6.42 Å². The third-order valence-electron chi connectivity index (χ3n) is 1.71. The summed E-state index contributed by atoms with van der Waals surface area (Å²) in [5, 5.41) is 17.7. The molecule has 0 aliphatic carbocycles. The van der Waals surface area contributed by atoms with Gasteiger partial charge in [0, 0.05) is 12.6 Å². The molecule has 0 aromatic heterocycles. The van der Waals surface area contributed by atoms with Crippen LogP contribution in [0.3, 0.4) is 0 Å². The molecule has 0 radical (unpaired) electrons. The largest absolute Gasteiger partial charge is 0.524 e. The summed E-state index contributed by atoms with van der Waals surface area (Å²) in [5.41, 5.74) is 0. The number of amides is 1. The molecular formula is C11H20FmNO7-. The summed E-state index contributed by atoms with van der Waals surface area (Å²) < 4.78 is 10.3. The van der Waals surface area contributed by atoms with E-state index in [-0.39, 0.29) is 32.1 Å². The Morgan fingerprint density at radius 1 is 1.35 bits per heavy atom. The molecule has 1 unspecified atom stereocenters. The second kappa shape index (κ2) is 18.7. The van der Waals surface area contributed by atoms with E-state index in [4.69, 9.17) is 24.5 Å². The average molecular weight is 535 g/mol. The van der Waals surface area contributed by atoms with E-state index < -0.39 is 5.97 Å². The fourth-order valence-corrected chi connectivity index (χ4v) is 0.970. The third-order valence-corrected chi connectivity index (χ3v) is 1.71. The van der Waals surface area contributed by atoms with Gasteiger partial charge in [0.05, 0.1) is 26.2 Å². The molecule has 0 aromatic rings. The summed E-state index contributed by atoms with van der Waals surface area (Å²) in [6.07, 6.45) is 2.42. The maximum Gasteiger partial charge on any atom is 0.305 e. The first-order valence-electron chi connectivity index (χ1n) is 5.70. The molecule has 0 saturated carbocycles. The summed E-state index contributed by atoms with van der Waals surface area (Å²) in [6.45, 7) is 3.05. The van der Waals surface area contributed by atoms with Gasteiger partial charge >= 0.3 is 5.97 Å². The number of rotatable bonds is 11. The van der Waals surface area contributed by atoms with Crippen LogP contribution in [0, 0.1) is 0 Å². The van der Waals surface area contributed by atoms with Gasteiger partial charge in [-0.2, -0.15) is 6.41 Å². The van der Waals surface area contributed by atoms with Crippen molar-refractivity contribution >= 4 is 18.9 Å². The Balaban J connectivity index is -0.000000657. The molecule has 1 atom stereocenters. The molecule has 0 spiro atoms. The standard InChI is InChI=1S/C10H18NO5.CH2O2.Fm/c1-2-4-15-6-9(11-8-12)7-16-5-3-10(13)14;2-1-3;/h9H,2-7H2,1H3,(H,11,12)(H,13,14);1H,(H,2,3);/q-1;;. The van der Waals surface area contributed by atoms with Crippen LogP contribution in [0.1, 0.15) is 19.8 Å². The van der Waals surface area contributed by atoms with E-state index in [1.807, 2.05) is 6.92 Å². The van der Waals surface area contributed by atoms with E-state index >= 15 is 0 Å². The van der Waals surface area contributed by atoms with Crippen molar-refractivity contribution in [3.63, 3.8) is 0 Å². The number of ether oxygens (including phenoxy) is 2. The number of carboxylic acids is 1. The fourth-order valence-electron chi connectivity index (χ4n) is 0.970. The van der Waals surface area contributed by atoms with Crippen molar-refractivity contribution in [1.82, 2.24) is 5.32 Å². The zero-order chi connectivity index (χ0) is 14.9. The van der Waals surface area contributed by atoms with Crippen molar-refractivity contribution in [2.75, 3.05) is 26.4 Å². The van der Waals surface area contributed by atoms with Gasteiger partial charge in [0.2, 0.25) is 0 Å². The topological polar surface area (TPSA) is 122 Å². The zero-order valence-corrected chi connectivity index (χ0v) is 13.5. The Hall–Kier alpha value is -2.67. The van der Waals surface area contributed by atoms with Gasteiger partial charge in [0.1, 0.15) is 0 Å². The summed E-state index contributed by atoms with van der Waals surface area (Å²) in [4.78, 5) is 28.7. The molecule has 3 N–H and O–H groups in total. The molecule has 0 saturated heterocycles. The quantitative estimate of drug-likeness (QED) is 0.143. The predicted molar refractivity (Wildman–Crippen MR) is 65.5 cm³/mol. The van der Waals surface area contributed by atoms with Gasteiger partial charge in [0.25, 0.3) is 6.47 Å². The summed E-state index contributed by atoms with van der Waals surface area (Å²) >= 11 is 0. The van der Waals surface area contributed by atoms with Crippen LogP contribution in [-0.2, 0) is 23.9 Å². The molecule has 1 amide bonds. The number of hydrogen-bond acceptors (Lipinski definition) is 5.